The second-order valence-corrected chi connectivity index (χ2v) is 4.64. The quantitative estimate of drug-likeness (QED) is 0.879. The van der Waals surface area contributed by atoms with Crippen molar-refractivity contribution in [3.63, 3.8) is 0 Å². The van der Waals surface area contributed by atoms with Gasteiger partial charge in [0.15, 0.2) is 0 Å². The van der Waals surface area contributed by atoms with Gasteiger partial charge in [-0.05, 0) is 12.5 Å². The van der Waals surface area contributed by atoms with Gasteiger partial charge in [-0.1, -0.05) is 30.3 Å². The average Bonchev–Trinajstić information content (AvgIpc) is 2.58. The summed E-state index contributed by atoms with van der Waals surface area (Å²) in [6, 6.07) is 9.40. The topological polar surface area (TPSA) is 58.6 Å². The Labute approximate surface area is 112 Å². The minimum absolute atomic E-state index is 0.0224. The van der Waals surface area contributed by atoms with E-state index in [-0.39, 0.29) is 24.6 Å². The highest BCUT2D eigenvalue weighted by Crippen LogP contribution is 2.10. The van der Waals surface area contributed by atoms with Crippen LogP contribution in [-0.4, -0.2) is 36.0 Å². The molecular weight excluding hydrogens is 244 g/mol. The van der Waals surface area contributed by atoms with Gasteiger partial charge in [-0.25, -0.2) is 4.79 Å². The molecule has 5 heteroatoms. The number of nitrogens with one attached hydrogen (secondary N) is 1. The van der Waals surface area contributed by atoms with Crippen LogP contribution in [0.5, 0.6) is 0 Å². The van der Waals surface area contributed by atoms with E-state index in [0.29, 0.717) is 19.5 Å². The van der Waals surface area contributed by atoms with E-state index in [1.165, 1.54) is 0 Å². The molecule has 1 aliphatic heterocycles. The van der Waals surface area contributed by atoms with Crippen LogP contribution < -0.4 is 5.32 Å². The van der Waals surface area contributed by atoms with Crippen molar-refractivity contribution >= 4 is 12.0 Å². The number of amides is 2. The molecule has 1 aromatic rings. The summed E-state index contributed by atoms with van der Waals surface area (Å²) in [4.78, 5) is 25.0. The van der Waals surface area contributed by atoms with E-state index >= 15 is 0 Å². The smallest absolute Gasteiger partial charge is 0.410 e. The molecule has 1 aromatic carbocycles. The van der Waals surface area contributed by atoms with Crippen molar-refractivity contribution in [2.75, 3.05) is 13.1 Å². The maximum Gasteiger partial charge on any atom is 0.410 e. The Morgan fingerprint density at radius 2 is 2.16 bits per heavy atom. The molecule has 0 radical (unpaired) electrons. The Bertz CT molecular complexity index is 447. The number of carbonyl (C=O) groups is 2. The van der Waals surface area contributed by atoms with Crippen LogP contribution in [0.15, 0.2) is 30.3 Å². The maximum absolute atomic E-state index is 12.0. The molecule has 0 aromatic heterocycles. The Hall–Kier alpha value is -2.04. The molecule has 2 amide bonds. The van der Waals surface area contributed by atoms with Crippen LogP contribution in [0, 0.1) is 0 Å². The lowest BCUT2D eigenvalue weighted by molar-refractivity contribution is -0.121. The predicted molar refractivity (Wildman–Crippen MR) is 70.4 cm³/mol. The Morgan fingerprint density at radius 3 is 2.89 bits per heavy atom. The SMILES string of the molecule is CC1CC(=O)NCCN1C(=O)OCc1ccccc1. The monoisotopic (exact) mass is 262 g/mol. The molecule has 0 bridgehead atoms. The first-order valence-corrected chi connectivity index (χ1v) is 6.41. The highest BCUT2D eigenvalue weighted by molar-refractivity contribution is 5.78. The third kappa shape index (κ3) is 3.71. The van der Waals surface area contributed by atoms with Crippen molar-refractivity contribution in [3.8, 4) is 0 Å². The lowest BCUT2D eigenvalue weighted by Gasteiger charge is -2.25. The van der Waals surface area contributed by atoms with Crippen LogP contribution in [0.25, 0.3) is 0 Å². The molecule has 0 saturated carbocycles. The Kier molecular flexibility index (Phi) is 4.39. The second kappa shape index (κ2) is 6.22. The highest BCUT2D eigenvalue weighted by atomic mass is 16.6. The zero-order valence-corrected chi connectivity index (χ0v) is 11.0. The molecule has 1 heterocycles. The van der Waals surface area contributed by atoms with Crippen molar-refractivity contribution in [2.45, 2.75) is 26.0 Å². The van der Waals surface area contributed by atoms with Gasteiger partial charge in [0.2, 0.25) is 5.91 Å². The van der Waals surface area contributed by atoms with E-state index in [4.69, 9.17) is 4.74 Å². The number of carbonyl (C=O) groups excluding carboxylic acids is 2. The molecule has 5 nitrogen and oxygen atoms in total. The summed E-state index contributed by atoms with van der Waals surface area (Å²) in [5.41, 5.74) is 0.951. The predicted octanol–water partition coefficient (Wildman–Crippen LogP) is 1.53. The van der Waals surface area contributed by atoms with Crippen molar-refractivity contribution in [3.05, 3.63) is 35.9 Å². The number of hydrogen-bond acceptors (Lipinski definition) is 3. The van der Waals surface area contributed by atoms with Crippen LogP contribution in [-0.2, 0) is 16.1 Å². The van der Waals surface area contributed by atoms with Gasteiger partial charge in [-0.15, -0.1) is 0 Å². The molecule has 1 fully saturated rings. The summed E-state index contributed by atoms with van der Waals surface area (Å²) >= 11 is 0. The van der Waals surface area contributed by atoms with Crippen LogP contribution >= 0.6 is 0 Å². The molecule has 19 heavy (non-hydrogen) atoms. The summed E-state index contributed by atoms with van der Waals surface area (Å²) in [5.74, 6) is -0.0224. The van der Waals surface area contributed by atoms with Gasteiger partial charge in [0, 0.05) is 25.6 Å². The fourth-order valence-electron chi connectivity index (χ4n) is 2.06. The number of benzene rings is 1. The van der Waals surface area contributed by atoms with E-state index in [2.05, 4.69) is 5.32 Å². The van der Waals surface area contributed by atoms with Gasteiger partial charge in [0.05, 0.1) is 0 Å². The summed E-state index contributed by atoms with van der Waals surface area (Å²) in [5, 5.41) is 2.75. The standard InChI is InChI=1S/C14H18N2O3/c1-11-9-13(17)15-7-8-16(11)14(18)19-10-12-5-3-2-4-6-12/h2-6,11H,7-10H2,1H3,(H,15,17). The van der Waals surface area contributed by atoms with E-state index in [1.807, 2.05) is 37.3 Å². The van der Waals surface area contributed by atoms with Crippen molar-refractivity contribution < 1.29 is 14.3 Å². The normalized spacial score (nSPS) is 19.5. The molecule has 1 N–H and O–H groups in total. The molecular formula is C14H18N2O3. The van der Waals surface area contributed by atoms with Crippen molar-refractivity contribution in [1.82, 2.24) is 10.2 Å². The number of rotatable bonds is 2. The van der Waals surface area contributed by atoms with Crippen molar-refractivity contribution in [1.29, 1.82) is 0 Å². The Morgan fingerprint density at radius 1 is 1.42 bits per heavy atom. The van der Waals surface area contributed by atoms with Gasteiger partial charge in [0.25, 0.3) is 0 Å². The van der Waals surface area contributed by atoms with Crippen molar-refractivity contribution in [2.24, 2.45) is 0 Å². The molecule has 0 aliphatic carbocycles. The van der Waals surface area contributed by atoms with Crippen LogP contribution in [0.1, 0.15) is 18.9 Å². The van der Waals surface area contributed by atoms with Crippen LogP contribution in [0.2, 0.25) is 0 Å². The lowest BCUT2D eigenvalue weighted by Crippen LogP contribution is -2.39. The zero-order valence-electron chi connectivity index (χ0n) is 11.0. The minimum Gasteiger partial charge on any atom is -0.445 e. The first kappa shape index (κ1) is 13.4. The summed E-state index contributed by atoms with van der Waals surface area (Å²) in [7, 11) is 0. The lowest BCUT2D eigenvalue weighted by atomic mass is 10.2. The highest BCUT2D eigenvalue weighted by Gasteiger charge is 2.26. The van der Waals surface area contributed by atoms with E-state index in [0.717, 1.165) is 5.56 Å². The molecule has 102 valence electrons. The molecule has 1 saturated heterocycles. The van der Waals surface area contributed by atoms with Gasteiger partial charge in [0.1, 0.15) is 6.61 Å². The summed E-state index contributed by atoms with van der Waals surface area (Å²) in [6.45, 7) is 3.07. The van der Waals surface area contributed by atoms with Gasteiger partial charge in [-0.3, -0.25) is 4.79 Å². The second-order valence-electron chi connectivity index (χ2n) is 4.64. The van der Waals surface area contributed by atoms with E-state index < -0.39 is 0 Å². The Balaban J connectivity index is 1.90. The molecule has 2 rings (SSSR count). The molecule has 1 unspecified atom stereocenters. The first-order valence-electron chi connectivity index (χ1n) is 6.41. The number of nitrogens with zero attached hydrogens (tertiary/aromatic N) is 1. The third-order valence-corrected chi connectivity index (χ3v) is 3.13. The van der Waals surface area contributed by atoms with E-state index in [9.17, 15) is 9.59 Å². The largest absolute Gasteiger partial charge is 0.445 e. The van der Waals surface area contributed by atoms with E-state index in [1.54, 1.807) is 4.90 Å². The minimum atomic E-state index is -0.368. The van der Waals surface area contributed by atoms with Crippen LogP contribution in [0.4, 0.5) is 4.79 Å². The summed E-state index contributed by atoms with van der Waals surface area (Å²) < 4.78 is 5.28. The molecule has 0 spiro atoms. The average molecular weight is 262 g/mol. The zero-order chi connectivity index (χ0) is 13.7. The fraction of sp³-hybridized carbons (Fsp3) is 0.429. The van der Waals surface area contributed by atoms with Gasteiger partial charge < -0.3 is 15.0 Å². The molecule has 1 atom stereocenters. The van der Waals surface area contributed by atoms with Crippen LogP contribution in [0.3, 0.4) is 0 Å². The molecule has 1 aliphatic rings. The first-order chi connectivity index (χ1) is 9.16. The van der Waals surface area contributed by atoms with Gasteiger partial charge in [-0.2, -0.15) is 0 Å². The number of ether oxygens (including phenoxy) is 1. The maximum atomic E-state index is 12.0. The third-order valence-electron chi connectivity index (χ3n) is 3.13. The summed E-state index contributed by atoms with van der Waals surface area (Å²) in [6.07, 6.45) is -0.0479. The van der Waals surface area contributed by atoms with Gasteiger partial charge >= 0.3 is 6.09 Å². The number of hydrogen-bond donors (Lipinski definition) is 1. The fourth-order valence-corrected chi connectivity index (χ4v) is 2.06.